The molecule has 0 atom stereocenters. The summed E-state index contributed by atoms with van der Waals surface area (Å²) in [6.07, 6.45) is 0.437. The number of nitrogens with two attached hydrogens (primary N) is 1. The average molecular weight is 314 g/mol. The lowest BCUT2D eigenvalue weighted by Gasteiger charge is -2.05. The number of sulfonamides is 1. The molecule has 1 aromatic heterocycles. The molecule has 2 rings (SSSR count). The fourth-order valence-electron chi connectivity index (χ4n) is 1.71. The summed E-state index contributed by atoms with van der Waals surface area (Å²) < 4.78 is 39.7. The normalized spacial score (nSPS) is 11.7. The lowest BCUT2D eigenvalue weighted by molar-refractivity contribution is 0.583. The van der Waals surface area contributed by atoms with Crippen LogP contribution in [0.2, 0.25) is 0 Å². The summed E-state index contributed by atoms with van der Waals surface area (Å²) in [6.45, 7) is 0.547. The highest BCUT2D eigenvalue weighted by molar-refractivity contribution is 7.91. The average Bonchev–Trinajstić information content (AvgIpc) is 2.88. The van der Waals surface area contributed by atoms with E-state index in [0.717, 1.165) is 21.8 Å². The Morgan fingerprint density at radius 3 is 2.70 bits per heavy atom. The van der Waals surface area contributed by atoms with Gasteiger partial charge in [-0.3, -0.25) is 0 Å². The Labute approximate surface area is 121 Å². The van der Waals surface area contributed by atoms with E-state index in [-0.39, 0.29) is 16.6 Å². The van der Waals surface area contributed by atoms with Gasteiger partial charge in [-0.15, -0.1) is 11.3 Å². The zero-order chi connectivity index (χ0) is 14.6. The van der Waals surface area contributed by atoms with Crippen LogP contribution < -0.4 is 10.5 Å². The van der Waals surface area contributed by atoms with Crippen molar-refractivity contribution in [3.8, 4) is 0 Å². The quantitative estimate of drug-likeness (QED) is 0.855. The van der Waals surface area contributed by atoms with E-state index < -0.39 is 10.0 Å². The minimum Gasteiger partial charge on any atom is -0.326 e. The number of halogens is 1. The van der Waals surface area contributed by atoms with E-state index in [4.69, 9.17) is 5.73 Å². The molecule has 0 amide bonds. The van der Waals surface area contributed by atoms with Gasteiger partial charge in [-0.25, -0.2) is 17.5 Å². The fourth-order valence-corrected chi connectivity index (χ4v) is 4.02. The summed E-state index contributed by atoms with van der Waals surface area (Å²) in [6, 6.07) is 9.35. The van der Waals surface area contributed by atoms with Crippen molar-refractivity contribution >= 4 is 21.4 Å². The molecule has 0 spiro atoms. The SMILES string of the molecule is NCc1ccc(S(=O)(=O)NCCc2cccc(F)c2)s1. The first-order valence-corrected chi connectivity index (χ1v) is 8.34. The molecule has 1 aromatic carbocycles. The Bertz CT molecular complexity index is 683. The monoisotopic (exact) mass is 314 g/mol. The third-order valence-corrected chi connectivity index (χ3v) is 5.76. The van der Waals surface area contributed by atoms with Gasteiger partial charge in [0.25, 0.3) is 0 Å². The van der Waals surface area contributed by atoms with Gasteiger partial charge in [-0.05, 0) is 36.2 Å². The summed E-state index contributed by atoms with van der Waals surface area (Å²) in [7, 11) is -3.51. The van der Waals surface area contributed by atoms with Gasteiger partial charge < -0.3 is 5.73 Å². The molecule has 7 heteroatoms. The third kappa shape index (κ3) is 3.86. The molecule has 0 fully saturated rings. The molecule has 0 unspecified atom stereocenters. The number of nitrogens with one attached hydrogen (secondary N) is 1. The largest absolute Gasteiger partial charge is 0.326 e. The number of benzene rings is 1. The molecule has 0 saturated heterocycles. The first-order chi connectivity index (χ1) is 9.51. The molecule has 108 valence electrons. The first kappa shape index (κ1) is 15.1. The van der Waals surface area contributed by atoms with Crippen LogP contribution in [0.4, 0.5) is 4.39 Å². The second kappa shape index (κ2) is 6.45. The maximum atomic E-state index is 13.0. The molecule has 0 aliphatic carbocycles. The molecule has 0 aliphatic rings. The van der Waals surface area contributed by atoms with Crippen LogP contribution in [-0.4, -0.2) is 15.0 Å². The van der Waals surface area contributed by atoms with Crippen LogP contribution in [0.25, 0.3) is 0 Å². The van der Waals surface area contributed by atoms with Crippen molar-refractivity contribution in [1.82, 2.24) is 4.72 Å². The number of hydrogen-bond donors (Lipinski definition) is 2. The Morgan fingerprint density at radius 2 is 2.05 bits per heavy atom. The van der Waals surface area contributed by atoms with Gasteiger partial charge in [0, 0.05) is 18.0 Å². The molecule has 0 radical (unpaired) electrons. The zero-order valence-corrected chi connectivity index (χ0v) is 12.3. The minimum atomic E-state index is -3.51. The van der Waals surface area contributed by atoms with E-state index in [2.05, 4.69) is 4.72 Å². The van der Waals surface area contributed by atoms with E-state index in [1.807, 2.05) is 0 Å². The first-order valence-electron chi connectivity index (χ1n) is 6.04. The summed E-state index contributed by atoms with van der Waals surface area (Å²) >= 11 is 1.15. The summed E-state index contributed by atoms with van der Waals surface area (Å²) in [5, 5.41) is 0. The minimum absolute atomic E-state index is 0.224. The predicted molar refractivity (Wildman–Crippen MR) is 77.5 cm³/mol. The zero-order valence-electron chi connectivity index (χ0n) is 10.7. The van der Waals surface area contributed by atoms with Gasteiger partial charge in [0.1, 0.15) is 10.0 Å². The van der Waals surface area contributed by atoms with Crippen molar-refractivity contribution in [2.75, 3.05) is 6.54 Å². The standard InChI is InChI=1S/C13H15FN2O2S2/c14-11-3-1-2-10(8-11)6-7-16-20(17,18)13-5-4-12(9-15)19-13/h1-5,8,16H,6-7,9,15H2. The summed E-state index contributed by atoms with van der Waals surface area (Å²) in [4.78, 5) is 0.815. The summed E-state index contributed by atoms with van der Waals surface area (Å²) in [5.74, 6) is -0.323. The molecule has 0 bridgehead atoms. The summed E-state index contributed by atoms with van der Waals surface area (Å²) in [5.41, 5.74) is 6.21. The van der Waals surface area contributed by atoms with Gasteiger partial charge in [0.05, 0.1) is 0 Å². The number of hydrogen-bond acceptors (Lipinski definition) is 4. The molecule has 4 nitrogen and oxygen atoms in total. The van der Waals surface area contributed by atoms with E-state index in [0.29, 0.717) is 13.0 Å². The van der Waals surface area contributed by atoms with Gasteiger partial charge in [-0.2, -0.15) is 0 Å². The molecule has 3 N–H and O–H groups in total. The lowest BCUT2D eigenvalue weighted by atomic mass is 10.1. The Kier molecular flexibility index (Phi) is 4.87. The highest BCUT2D eigenvalue weighted by atomic mass is 32.2. The van der Waals surface area contributed by atoms with Crippen LogP contribution in [0.1, 0.15) is 10.4 Å². The van der Waals surface area contributed by atoms with Gasteiger partial charge >= 0.3 is 0 Å². The Morgan fingerprint density at radius 1 is 1.25 bits per heavy atom. The van der Waals surface area contributed by atoms with Crippen LogP contribution in [0.5, 0.6) is 0 Å². The van der Waals surface area contributed by atoms with Crippen molar-refractivity contribution in [2.24, 2.45) is 5.73 Å². The topological polar surface area (TPSA) is 72.2 Å². The maximum Gasteiger partial charge on any atom is 0.250 e. The molecule has 2 aromatic rings. The van der Waals surface area contributed by atoms with Gasteiger partial charge in [0.15, 0.2) is 0 Å². The molecule has 1 heterocycles. The smallest absolute Gasteiger partial charge is 0.250 e. The molecular weight excluding hydrogens is 299 g/mol. The lowest BCUT2D eigenvalue weighted by Crippen LogP contribution is -2.25. The molecule has 20 heavy (non-hydrogen) atoms. The molecule has 0 aliphatic heterocycles. The number of thiophene rings is 1. The van der Waals surface area contributed by atoms with Crippen LogP contribution in [-0.2, 0) is 23.0 Å². The second-order valence-electron chi connectivity index (χ2n) is 4.20. The van der Waals surface area contributed by atoms with Crippen LogP contribution >= 0.6 is 11.3 Å². The van der Waals surface area contributed by atoms with Crippen molar-refractivity contribution < 1.29 is 12.8 Å². The van der Waals surface area contributed by atoms with Crippen LogP contribution in [0, 0.1) is 5.82 Å². The highest BCUT2D eigenvalue weighted by Gasteiger charge is 2.15. The van der Waals surface area contributed by atoms with E-state index in [1.165, 1.54) is 18.2 Å². The number of rotatable bonds is 6. The fraction of sp³-hybridized carbons (Fsp3) is 0.231. The van der Waals surface area contributed by atoms with E-state index in [1.54, 1.807) is 18.2 Å². The van der Waals surface area contributed by atoms with E-state index >= 15 is 0 Å². The molecule has 0 saturated carbocycles. The maximum absolute atomic E-state index is 13.0. The van der Waals surface area contributed by atoms with Gasteiger partial charge in [0.2, 0.25) is 10.0 Å². The molecular formula is C13H15FN2O2S2. The third-order valence-electron chi connectivity index (χ3n) is 2.70. The second-order valence-corrected chi connectivity index (χ2v) is 7.36. The van der Waals surface area contributed by atoms with Crippen molar-refractivity contribution in [1.29, 1.82) is 0 Å². The van der Waals surface area contributed by atoms with Crippen molar-refractivity contribution in [2.45, 2.75) is 17.2 Å². The van der Waals surface area contributed by atoms with Crippen LogP contribution in [0.3, 0.4) is 0 Å². The Hall–Kier alpha value is -1.28. The Balaban J connectivity index is 1.96. The highest BCUT2D eigenvalue weighted by Crippen LogP contribution is 2.20. The van der Waals surface area contributed by atoms with Crippen molar-refractivity contribution in [3.63, 3.8) is 0 Å². The van der Waals surface area contributed by atoms with Crippen molar-refractivity contribution in [3.05, 3.63) is 52.7 Å². The predicted octanol–water partition coefficient (Wildman–Crippen LogP) is 1.87. The van der Waals surface area contributed by atoms with Crippen LogP contribution in [0.15, 0.2) is 40.6 Å². The van der Waals surface area contributed by atoms with Gasteiger partial charge in [-0.1, -0.05) is 12.1 Å². The van der Waals surface area contributed by atoms with E-state index in [9.17, 15) is 12.8 Å².